The second-order valence-corrected chi connectivity index (χ2v) is 7.41. The lowest BCUT2D eigenvalue weighted by atomic mass is 9.97. The number of benzene rings is 2. The number of nitrogens with zero attached hydrogens (tertiary/aromatic N) is 3. The van der Waals surface area contributed by atoms with Crippen LogP contribution < -0.4 is 9.47 Å². The van der Waals surface area contributed by atoms with E-state index in [1.807, 2.05) is 48.5 Å². The minimum Gasteiger partial charge on any atom is -0.497 e. The smallest absolute Gasteiger partial charge is 0.262 e. The van der Waals surface area contributed by atoms with Gasteiger partial charge in [0, 0.05) is 38.1 Å². The van der Waals surface area contributed by atoms with Crippen LogP contribution in [0.4, 0.5) is 0 Å². The van der Waals surface area contributed by atoms with Gasteiger partial charge < -0.3 is 19.1 Å². The van der Waals surface area contributed by atoms with Crippen LogP contribution in [0.5, 0.6) is 11.5 Å². The van der Waals surface area contributed by atoms with Crippen LogP contribution in [-0.2, 0) is 14.3 Å². The van der Waals surface area contributed by atoms with E-state index in [4.69, 9.17) is 14.2 Å². The summed E-state index contributed by atoms with van der Waals surface area (Å²) in [7, 11) is 4.77. The van der Waals surface area contributed by atoms with Crippen molar-refractivity contribution in [2.24, 2.45) is 5.10 Å². The number of hydrazone groups is 1. The molecular formula is C24H29N3O5. The molecule has 0 spiro atoms. The fraction of sp³-hybridized carbons (Fsp3) is 0.375. The molecule has 1 aliphatic rings. The van der Waals surface area contributed by atoms with Crippen molar-refractivity contribution in [2.75, 3.05) is 41.0 Å². The van der Waals surface area contributed by atoms with Gasteiger partial charge in [0.05, 0.1) is 32.6 Å². The first-order valence-electron chi connectivity index (χ1n) is 10.4. The third-order valence-electron chi connectivity index (χ3n) is 5.40. The zero-order valence-corrected chi connectivity index (χ0v) is 18.9. The standard InChI is InChI=1S/C24H29N3O5/c1-17(28)26(12-13-30-2)16-24(29)27-22(20-10-5-6-11-23(20)32-4)15-21(25-27)18-8-7-9-19(14-18)31-3/h5-11,14,22H,12-13,15-16H2,1-4H3/t22-/m1/s1. The molecule has 8 heteroatoms. The summed E-state index contributed by atoms with van der Waals surface area (Å²) in [6.07, 6.45) is 0.511. The molecule has 1 aliphatic heterocycles. The highest BCUT2D eigenvalue weighted by atomic mass is 16.5. The molecular weight excluding hydrogens is 410 g/mol. The van der Waals surface area contributed by atoms with Gasteiger partial charge in [0.2, 0.25) is 5.91 Å². The van der Waals surface area contributed by atoms with Crippen LogP contribution in [0.2, 0.25) is 0 Å². The molecule has 0 aromatic heterocycles. The van der Waals surface area contributed by atoms with Crippen LogP contribution in [0.3, 0.4) is 0 Å². The minimum atomic E-state index is -0.351. The summed E-state index contributed by atoms with van der Waals surface area (Å²) >= 11 is 0. The van der Waals surface area contributed by atoms with Crippen LogP contribution in [-0.4, -0.2) is 68.5 Å². The van der Waals surface area contributed by atoms with Gasteiger partial charge in [-0.15, -0.1) is 0 Å². The van der Waals surface area contributed by atoms with Crippen LogP contribution in [0.25, 0.3) is 0 Å². The molecule has 8 nitrogen and oxygen atoms in total. The van der Waals surface area contributed by atoms with E-state index in [2.05, 4.69) is 5.10 Å². The molecule has 0 fully saturated rings. The van der Waals surface area contributed by atoms with Gasteiger partial charge in [-0.3, -0.25) is 9.59 Å². The molecule has 0 aliphatic carbocycles. The zero-order valence-electron chi connectivity index (χ0n) is 18.9. The van der Waals surface area contributed by atoms with E-state index in [9.17, 15) is 9.59 Å². The Bertz CT molecular complexity index is 991. The summed E-state index contributed by atoms with van der Waals surface area (Å²) in [5.41, 5.74) is 2.50. The lowest BCUT2D eigenvalue weighted by molar-refractivity contribution is -0.141. The molecule has 0 bridgehead atoms. The van der Waals surface area contributed by atoms with Crippen LogP contribution in [0, 0.1) is 0 Å². The number of rotatable bonds is 9. The highest BCUT2D eigenvalue weighted by Crippen LogP contribution is 2.37. The van der Waals surface area contributed by atoms with Gasteiger partial charge in [0.1, 0.15) is 18.0 Å². The van der Waals surface area contributed by atoms with E-state index >= 15 is 0 Å². The summed E-state index contributed by atoms with van der Waals surface area (Å²) in [5.74, 6) is 0.928. The van der Waals surface area contributed by atoms with E-state index in [0.717, 1.165) is 16.8 Å². The van der Waals surface area contributed by atoms with Gasteiger partial charge >= 0.3 is 0 Å². The predicted molar refractivity (Wildman–Crippen MR) is 121 cm³/mol. The van der Waals surface area contributed by atoms with Crippen molar-refractivity contribution >= 4 is 17.5 Å². The average Bonchev–Trinajstić information content (AvgIpc) is 3.27. The normalized spacial score (nSPS) is 15.3. The highest BCUT2D eigenvalue weighted by molar-refractivity contribution is 6.03. The van der Waals surface area contributed by atoms with Gasteiger partial charge in [0.25, 0.3) is 5.91 Å². The number of hydrogen-bond acceptors (Lipinski definition) is 6. The van der Waals surface area contributed by atoms with Crippen molar-refractivity contribution in [1.82, 2.24) is 9.91 Å². The van der Waals surface area contributed by atoms with Gasteiger partial charge in [-0.05, 0) is 18.2 Å². The summed E-state index contributed by atoms with van der Waals surface area (Å²) in [6, 6.07) is 14.8. The summed E-state index contributed by atoms with van der Waals surface area (Å²) in [6.45, 7) is 2.03. The summed E-state index contributed by atoms with van der Waals surface area (Å²) in [5, 5.41) is 6.15. The molecule has 2 aromatic carbocycles. The second-order valence-electron chi connectivity index (χ2n) is 7.41. The Hall–Kier alpha value is -3.39. The zero-order chi connectivity index (χ0) is 23.1. The van der Waals surface area contributed by atoms with Crippen molar-refractivity contribution in [3.05, 3.63) is 59.7 Å². The predicted octanol–water partition coefficient (Wildman–Crippen LogP) is 2.88. The molecule has 2 aromatic rings. The maximum Gasteiger partial charge on any atom is 0.262 e. The fourth-order valence-corrected chi connectivity index (χ4v) is 3.69. The number of carbonyl (C=O) groups is 2. The summed E-state index contributed by atoms with van der Waals surface area (Å²) < 4.78 is 16.0. The van der Waals surface area contributed by atoms with Crippen molar-refractivity contribution in [1.29, 1.82) is 0 Å². The average molecular weight is 440 g/mol. The number of amides is 2. The molecule has 0 saturated carbocycles. The lowest BCUT2D eigenvalue weighted by Crippen LogP contribution is -2.41. The van der Waals surface area contributed by atoms with Crippen LogP contribution in [0.15, 0.2) is 53.6 Å². The number of ether oxygens (including phenoxy) is 3. The Morgan fingerprint density at radius 2 is 1.88 bits per heavy atom. The largest absolute Gasteiger partial charge is 0.497 e. The molecule has 0 unspecified atom stereocenters. The van der Waals surface area contributed by atoms with E-state index < -0.39 is 0 Å². The monoisotopic (exact) mass is 439 g/mol. The van der Waals surface area contributed by atoms with Gasteiger partial charge in [-0.25, -0.2) is 5.01 Å². The third kappa shape index (κ3) is 5.26. The molecule has 0 radical (unpaired) electrons. The summed E-state index contributed by atoms with van der Waals surface area (Å²) in [4.78, 5) is 26.8. The third-order valence-corrected chi connectivity index (χ3v) is 5.40. The van der Waals surface area contributed by atoms with E-state index in [-0.39, 0.29) is 24.4 Å². The first-order valence-corrected chi connectivity index (χ1v) is 10.4. The van der Waals surface area contributed by atoms with Gasteiger partial charge in [-0.1, -0.05) is 30.3 Å². The van der Waals surface area contributed by atoms with Crippen molar-refractivity contribution in [3.63, 3.8) is 0 Å². The molecule has 1 heterocycles. The molecule has 2 amide bonds. The Kier molecular flexibility index (Phi) is 7.83. The Morgan fingerprint density at radius 3 is 2.56 bits per heavy atom. The van der Waals surface area contributed by atoms with Crippen LogP contribution in [0.1, 0.15) is 30.5 Å². The van der Waals surface area contributed by atoms with E-state index in [0.29, 0.717) is 31.1 Å². The minimum absolute atomic E-state index is 0.0841. The molecule has 1 atom stereocenters. The first kappa shape index (κ1) is 23.3. The second kappa shape index (κ2) is 10.8. The molecule has 32 heavy (non-hydrogen) atoms. The number of carbonyl (C=O) groups excluding carboxylic acids is 2. The Labute approximate surface area is 188 Å². The first-order chi connectivity index (χ1) is 15.5. The van der Waals surface area contributed by atoms with E-state index in [1.165, 1.54) is 16.8 Å². The Morgan fingerprint density at radius 1 is 1.09 bits per heavy atom. The highest BCUT2D eigenvalue weighted by Gasteiger charge is 2.35. The lowest BCUT2D eigenvalue weighted by Gasteiger charge is -2.27. The quantitative estimate of drug-likeness (QED) is 0.600. The topological polar surface area (TPSA) is 80.7 Å². The molecule has 0 N–H and O–H groups in total. The maximum absolute atomic E-state index is 13.3. The number of para-hydroxylation sites is 1. The maximum atomic E-state index is 13.3. The van der Waals surface area contributed by atoms with Crippen LogP contribution >= 0.6 is 0 Å². The SMILES string of the molecule is COCCN(CC(=O)N1N=C(c2cccc(OC)c2)C[C@@H]1c1ccccc1OC)C(C)=O. The molecule has 170 valence electrons. The van der Waals surface area contributed by atoms with Crippen molar-refractivity contribution < 1.29 is 23.8 Å². The van der Waals surface area contributed by atoms with Gasteiger partial charge in [-0.2, -0.15) is 5.10 Å². The molecule has 3 rings (SSSR count). The number of hydrogen-bond donors (Lipinski definition) is 0. The van der Waals surface area contributed by atoms with Crippen molar-refractivity contribution in [2.45, 2.75) is 19.4 Å². The van der Waals surface area contributed by atoms with Crippen molar-refractivity contribution in [3.8, 4) is 11.5 Å². The fourth-order valence-electron chi connectivity index (χ4n) is 3.69. The molecule has 0 saturated heterocycles. The Balaban J connectivity index is 1.95. The number of methoxy groups -OCH3 is 3. The van der Waals surface area contributed by atoms with E-state index in [1.54, 1.807) is 21.3 Å². The van der Waals surface area contributed by atoms with Gasteiger partial charge in [0.15, 0.2) is 0 Å².